The number of hydrogen-bond acceptors (Lipinski definition) is 6. The number of ketones is 1. The molecule has 3 N–H and O–H groups in total. The zero-order valence-electron chi connectivity index (χ0n) is 21.0. The van der Waals surface area contributed by atoms with Gasteiger partial charge in [-0.2, -0.15) is 0 Å². The molecule has 0 unspecified atom stereocenters. The second-order valence-corrected chi connectivity index (χ2v) is 10.3. The maximum Gasteiger partial charge on any atom is 0.251 e. The molecule has 1 amide bonds. The number of carbonyl (C=O) groups is 2. The molecule has 1 aliphatic heterocycles. The lowest BCUT2D eigenvalue weighted by Crippen LogP contribution is -2.51. The summed E-state index contributed by atoms with van der Waals surface area (Å²) in [7, 11) is 0. The fourth-order valence-corrected chi connectivity index (χ4v) is 4.77. The van der Waals surface area contributed by atoms with Crippen molar-refractivity contribution < 1.29 is 29.3 Å². The van der Waals surface area contributed by atoms with Crippen LogP contribution in [0.15, 0.2) is 60.7 Å². The highest BCUT2D eigenvalue weighted by Gasteiger charge is 2.50. The number of aliphatic hydroxyl groups is 2. The Morgan fingerprint density at radius 3 is 2.32 bits per heavy atom. The molecule has 1 saturated carbocycles. The van der Waals surface area contributed by atoms with Crippen molar-refractivity contribution in [1.29, 1.82) is 0 Å². The first-order valence-electron chi connectivity index (χ1n) is 12.4. The van der Waals surface area contributed by atoms with E-state index in [9.17, 15) is 19.8 Å². The summed E-state index contributed by atoms with van der Waals surface area (Å²) in [5.74, 6) is 1.24. The minimum atomic E-state index is -1.09. The maximum absolute atomic E-state index is 13.5. The molecule has 1 fully saturated rings. The fraction of sp³-hybridized carbons (Fsp3) is 0.333. The second-order valence-electron chi connectivity index (χ2n) is 10.3. The summed E-state index contributed by atoms with van der Waals surface area (Å²) in [6.07, 6.45) is 2.00. The zero-order valence-corrected chi connectivity index (χ0v) is 21.0. The van der Waals surface area contributed by atoms with Crippen molar-refractivity contribution in [2.45, 2.75) is 44.1 Å². The number of rotatable bonds is 9. The Kier molecular flexibility index (Phi) is 6.52. The van der Waals surface area contributed by atoms with Gasteiger partial charge < -0.3 is 25.0 Å². The number of hydrogen-bond donors (Lipinski definition) is 3. The molecule has 1 heterocycles. The molecule has 0 atom stereocenters. The van der Waals surface area contributed by atoms with Crippen molar-refractivity contribution in [3.63, 3.8) is 0 Å². The van der Waals surface area contributed by atoms with Crippen LogP contribution in [0.5, 0.6) is 11.5 Å². The molecular formula is C30H31NO6. The first-order chi connectivity index (χ1) is 17.8. The molecule has 2 aliphatic rings. The summed E-state index contributed by atoms with van der Waals surface area (Å²) in [5, 5.41) is 21.5. The molecule has 0 bridgehead atoms. The lowest BCUT2D eigenvalue weighted by molar-refractivity contribution is -0.120. The molecule has 7 heteroatoms. The number of Topliss-reactive ketones (excluding diaryl/α,β-unsaturated/α-hetero) is 1. The minimum Gasteiger partial charge on any atom is -0.454 e. The van der Waals surface area contributed by atoms with E-state index in [2.05, 4.69) is 5.32 Å². The summed E-state index contributed by atoms with van der Waals surface area (Å²) >= 11 is 0. The Morgan fingerprint density at radius 2 is 1.65 bits per heavy atom. The van der Waals surface area contributed by atoms with Gasteiger partial charge in [0.25, 0.3) is 5.91 Å². The van der Waals surface area contributed by atoms with Crippen molar-refractivity contribution in [2.75, 3.05) is 20.0 Å². The van der Waals surface area contributed by atoms with Gasteiger partial charge in [-0.05, 0) is 78.8 Å². The van der Waals surface area contributed by atoms with Crippen LogP contribution in [-0.4, -0.2) is 47.4 Å². The van der Waals surface area contributed by atoms with Crippen LogP contribution in [0.2, 0.25) is 0 Å². The van der Waals surface area contributed by atoms with Gasteiger partial charge in [0.1, 0.15) is 5.78 Å². The summed E-state index contributed by atoms with van der Waals surface area (Å²) in [5.41, 5.74) is 3.82. The number of fused-ring (bicyclic) bond motifs is 1. The predicted molar refractivity (Wildman–Crippen MR) is 139 cm³/mol. The van der Waals surface area contributed by atoms with E-state index in [1.807, 2.05) is 55.5 Å². The maximum atomic E-state index is 13.5. The van der Waals surface area contributed by atoms with Gasteiger partial charge in [-0.25, -0.2) is 0 Å². The number of aryl methyl sites for hydroxylation is 1. The lowest BCUT2D eigenvalue weighted by Gasteiger charge is -2.26. The first kappa shape index (κ1) is 25.0. The molecule has 5 rings (SSSR count). The summed E-state index contributed by atoms with van der Waals surface area (Å²) in [6.45, 7) is 3.07. The van der Waals surface area contributed by atoms with Crippen LogP contribution in [0.25, 0.3) is 11.1 Å². The van der Waals surface area contributed by atoms with Crippen LogP contribution in [0.4, 0.5) is 0 Å². The third-order valence-corrected chi connectivity index (χ3v) is 7.45. The quantitative estimate of drug-likeness (QED) is 0.413. The zero-order chi connectivity index (χ0) is 26.2. The highest BCUT2D eigenvalue weighted by atomic mass is 16.7. The van der Waals surface area contributed by atoms with E-state index in [1.165, 1.54) is 0 Å². The lowest BCUT2D eigenvalue weighted by atomic mass is 9.87. The molecule has 37 heavy (non-hydrogen) atoms. The van der Waals surface area contributed by atoms with Gasteiger partial charge in [-0.15, -0.1) is 0 Å². The van der Waals surface area contributed by atoms with Crippen molar-refractivity contribution in [1.82, 2.24) is 5.32 Å². The first-order valence-corrected chi connectivity index (χ1v) is 12.4. The van der Waals surface area contributed by atoms with Crippen molar-refractivity contribution in [2.24, 2.45) is 0 Å². The third-order valence-electron chi connectivity index (χ3n) is 7.45. The molecule has 3 aromatic rings. The van der Waals surface area contributed by atoms with Gasteiger partial charge in [0, 0.05) is 12.0 Å². The van der Waals surface area contributed by atoms with E-state index in [0.29, 0.717) is 17.7 Å². The third kappa shape index (κ3) is 4.84. The van der Waals surface area contributed by atoms with E-state index >= 15 is 0 Å². The molecule has 0 spiro atoms. The van der Waals surface area contributed by atoms with Gasteiger partial charge in [-0.1, -0.05) is 36.4 Å². The predicted octanol–water partition coefficient (Wildman–Crippen LogP) is 3.71. The number of benzene rings is 3. The minimum absolute atomic E-state index is 0.198. The SMILES string of the molecule is Cc1ccc(CC(=O)C2(c3ccc4c(c3)OCO4)CC2)cc1-c1ccc(C(=O)NC(C)(CO)CO)cc1. The second kappa shape index (κ2) is 9.65. The topological polar surface area (TPSA) is 105 Å². The van der Waals surface area contributed by atoms with Crippen molar-refractivity contribution in [3.8, 4) is 22.6 Å². The molecule has 0 radical (unpaired) electrons. The molecule has 7 nitrogen and oxygen atoms in total. The van der Waals surface area contributed by atoms with E-state index < -0.39 is 11.0 Å². The molecule has 0 aromatic heterocycles. The number of amides is 1. The Balaban J connectivity index is 1.32. The van der Waals surface area contributed by atoms with E-state index in [1.54, 1.807) is 19.1 Å². The molecule has 1 aliphatic carbocycles. The fourth-order valence-electron chi connectivity index (χ4n) is 4.77. The standard InChI is InChI=1S/C30H31NO6/c1-19-3-4-20(14-27(34)30(11-12-30)23-9-10-25-26(15-23)37-18-36-25)13-24(19)21-5-7-22(8-6-21)28(35)31-29(2,16-32)17-33/h3-10,13,15,32-33H,11-12,14,16-18H2,1-2H3,(H,31,35). The normalized spacial score (nSPS) is 15.4. The number of ether oxygens (including phenoxy) is 2. The summed E-state index contributed by atoms with van der Waals surface area (Å²) < 4.78 is 10.9. The average molecular weight is 502 g/mol. The van der Waals surface area contributed by atoms with Crippen LogP contribution in [-0.2, 0) is 16.6 Å². The number of aliphatic hydroxyl groups excluding tert-OH is 2. The summed E-state index contributed by atoms with van der Waals surface area (Å²) in [6, 6.07) is 19.0. The highest BCUT2D eigenvalue weighted by Crippen LogP contribution is 2.51. The van der Waals surface area contributed by atoms with Gasteiger partial charge in [-0.3, -0.25) is 9.59 Å². The largest absolute Gasteiger partial charge is 0.454 e. The Morgan fingerprint density at radius 1 is 0.946 bits per heavy atom. The molecule has 0 saturated heterocycles. The van der Waals surface area contributed by atoms with Gasteiger partial charge in [0.2, 0.25) is 6.79 Å². The van der Waals surface area contributed by atoms with Gasteiger partial charge >= 0.3 is 0 Å². The number of nitrogens with one attached hydrogen (secondary N) is 1. The smallest absolute Gasteiger partial charge is 0.251 e. The monoisotopic (exact) mass is 501 g/mol. The molecule has 3 aromatic carbocycles. The van der Waals surface area contributed by atoms with Crippen LogP contribution >= 0.6 is 0 Å². The summed E-state index contributed by atoms with van der Waals surface area (Å²) in [4.78, 5) is 26.0. The number of carbonyl (C=O) groups excluding carboxylic acids is 2. The van der Waals surface area contributed by atoms with Crippen LogP contribution in [0.3, 0.4) is 0 Å². The van der Waals surface area contributed by atoms with Gasteiger partial charge in [0.15, 0.2) is 11.5 Å². The van der Waals surface area contributed by atoms with Crippen molar-refractivity contribution in [3.05, 3.63) is 82.9 Å². The van der Waals surface area contributed by atoms with E-state index in [0.717, 1.165) is 46.4 Å². The van der Waals surface area contributed by atoms with Crippen LogP contribution < -0.4 is 14.8 Å². The average Bonchev–Trinajstić information content (AvgIpc) is 3.60. The Bertz CT molecular complexity index is 1340. The van der Waals surface area contributed by atoms with Crippen molar-refractivity contribution >= 4 is 11.7 Å². The van der Waals surface area contributed by atoms with E-state index in [4.69, 9.17) is 9.47 Å². The van der Waals surface area contributed by atoms with E-state index in [-0.39, 0.29) is 31.7 Å². The Hall–Kier alpha value is -3.68. The Labute approximate surface area is 216 Å². The molecular weight excluding hydrogens is 470 g/mol. The van der Waals surface area contributed by atoms with Crippen LogP contribution in [0, 0.1) is 6.92 Å². The van der Waals surface area contributed by atoms with Gasteiger partial charge in [0.05, 0.1) is 24.2 Å². The van der Waals surface area contributed by atoms with Crippen LogP contribution in [0.1, 0.15) is 46.8 Å². The highest BCUT2D eigenvalue weighted by molar-refractivity contribution is 5.96. The molecule has 192 valence electrons.